The number of allylic oxidation sites excluding steroid dienone is 2. The van der Waals surface area contributed by atoms with Crippen LogP contribution >= 0.6 is 0 Å². The van der Waals surface area contributed by atoms with E-state index in [-0.39, 0.29) is 22.9 Å². The lowest BCUT2D eigenvalue weighted by Gasteiger charge is -2.42. The van der Waals surface area contributed by atoms with E-state index in [1.54, 1.807) is 12.1 Å². The molecule has 2 aromatic carbocycles. The first-order valence-electron chi connectivity index (χ1n) is 10.8. The van der Waals surface area contributed by atoms with Crippen molar-refractivity contribution >= 4 is 0 Å². The molecule has 0 radical (unpaired) electrons. The molecule has 0 nitrogen and oxygen atoms in total. The summed E-state index contributed by atoms with van der Waals surface area (Å²) in [6.45, 7) is 3.61. The number of rotatable bonds is 3. The average molecular weight is 399 g/mol. The standard InChI is InChI=1S/C26H29F3/c1-3-4-17-6-7-19-14-20(9-8-18(19)13-17)22-12-10-21(15-24(22)27)23-11-5-16(2)25(28)26(23)29/h3-5,10-12,15,17-20H,6-9,13-14H2,1-2H3/b4-3+. The number of halogens is 3. The molecule has 2 fully saturated rings. The van der Waals surface area contributed by atoms with E-state index in [9.17, 15) is 13.2 Å². The van der Waals surface area contributed by atoms with Gasteiger partial charge in [-0.1, -0.05) is 36.4 Å². The second kappa shape index (κ2) is 8.38. The summed E-state index contributed by atoms with van der Waals surface area (Å²) in [5.41, 5.74) is 1.49. The summed E-state index contributed by atoms with van der Waals surface area (Å²) in [4.78, 5) is 0. The highest BCUT2D eigenvalue weighted by Crippen LogP contribution is 2.48. The van der Waals surface area contributed by atoms with Crippen molar-refractivity contribution in [2.45, 2.75) is 58.3 Å². The van der Waals surface area contributed by atoms with Gasteiger partial charge >= 0.3 is 0 Å². The van der Waals surface area contributed by atoms with E-state index in [2.05, 4.69) is 19.1 Å². The second-order valence-corrected chi connectivity index (χ2v) is 8.92. The molecule has 4 atom stereocenters. The zero-order chi connectivity index (χ0) is 20.5. The topological polar surface area (TPSA) is 0 Å². The van der Waals surface area contributed by atoms with Gasteiger partial charge in [0.15, 0.2) is 11.6 Å². The van der Waals surface area contributed by atoms with Gasteiger partial charge in [0, 0.05) is 5.56 Å². The Bertz CT molecular complexity index is 914. The molecule has 0 spiro atoms. The minimum Gasteiger partial charge on any atom is -0.207 e. The summed E-state index contributed by atoms with van der Waals surface area (Å²) in [7, 11) is 0. The fourth-order valence-electron chi connectivity index (χ4n) is 5.55. The fourth-order valence-corrected chi connectivity index (χ4v) is 5.55. The Morgan fingerprint density at radius 2 is 1.62 bits per heavy atom. The zero-order valence-electron chi connectivity index (χ0n) is 17.2. The van der Waals surface area contributed by atoms with Gasteiger partial charge in [-0.2, -0.15) is 0 Å². The first kappa shape index (κ1) is 20.3. The fraction of sp³-hybridized carbons (Fsp3) is 0.462. The van der Waals surface area contributed by atoms with Crippen molar-refractivity contribution in [3.63, 3.8) is 0 Å². The van der Waals surface area contributed by atoms with E-state index in [1.807, 2.05) is 0 Å². The van der Waals surface area contributed by atoms with Gasteiger partial charge in [-0.15, -0.1) is 0 Å². The molecule has 0 aromatic heterocycles. The lowest BCUT2D eigenvalue weighted by atomic mass is 9.64. The second-order valence-electron chi connectivity index (χ2n) is 8.92. The van der Waals surface area contributed by atoms with Crippen molar-refractivity contribution in [2.75, 3.05) is 0 Å². The van der Waals surface area contributed by atoms with Crippen molar-refractivity contribution in [1.82, 2.24) is 0 Å². The molecule has 0 aliphatic heterocycles. The molecule has 0 bridgehead atoms. The molecular weight excluding hydrogens is 369 g/mol. The van der Waals surface area contributed by atoms with E-state index in [4.69, 9.17) is 0 Å². The summed E-state index contributed by atoms with van der Waals surface area (Å²) < 4.78 is 43.2. The molecule has 4 rings (SSSR count). The van der Waals surface area contributed by atoms with Crippen molar-refractivity contribution in [3.8, 4) is 11.1 Å². The Morgan fingerprint density at radius 1 is 0.862 bits per heavy atom. The van der Waals surface area contributed by atoms with Crippen LogP contribution in [0.4, 0.5) is 13.2 Å². The monoisotopic (exact) mass is 398 g/mol. The third-order valence-electron chi connectivity index (χ3n) is 7.14. The van der Waals surface area contributed by atoms with Crippen LogP contribution in [-0.4, -0.2) is 0 Å². The lowest BCUT2D eigenvalue weighted by molar-refractivity contribution is 0.132. The van der Waals surface area contributed by atoms with Crippen LogP contribution in [0, 0.1) is 42.1 Å². The van der Waals surface area contributed by atoms with E-state index < -0.39 is 11.6 Å². The molecule has 2 aliphatic carbocycles. The van der Waals surface area contributed by atoms with Crippen LogP contribution in [-0.2, 0) is 0 Å². The molecule has 0 amide bonds. The maximum absolute atomic E-state index is 15.0. The van der Waals surface area contributed by atoms with Crippen molar-refractivity contribution < 1.29 is 13.2 Å². The normalized spacial score (nSPS) is 27.2. The summed E-state index contributed by atoms with van der Waals surface area (Å²) in [5, 5.41) is 0. The lowest BCUT2D eigenvalue weighted by Crippen LogP contribution is -2.30. The molecule has 0 heterocycles. The summed E-state index contributed by atoms with van der Waals surface area (Å²) in [5.74, 6) is 0.302. The number of hydrogen-bond acceptors (Lipinski definition) is 0. The number of fused-ring (bicyclic) bond motifs is 1. The smallest absolute Gasteiger partial charge is 0.166 e. The van der Waals surface area contributed by atoms with Crippen molar-refractivity contribution in [1.29, 1.82) is 0 Å². The van der Waals surface area contributed by atoms with Gasteiger partial charge in [-0.3, -0.25) is 0 Å². The van der Waals surface area contributed by atoms with Crippen LogP contribution in [0.25, 0.3) is 11.1 Å². The molecule has 154 valence electrons. The van der Waals surface area contributed by atoms with Crippen LogP contribution < -0.4 is 0 Å². The Balaban J connectivity index is 1.52. The maximum atomic E-state index is 15.0. The van der Waals surface area contributed by atoms with Crippen molar-refractivity contribution in [2.24, 2.45) is 17.8 Å². The van der Waals surface area contributed by atoms with Crippen LogP contribution in [0.5, 0.6) is 0 Å². The van der Waals surface area contributed by atoms with Gasteiger partial charge in [-0.05, 0) is 98.8 Å². The molecule has 2 aliphatic rings. The molecule has 29 heavy (non-hydrogen) atoms. The highest BCUT2D eigenvalue weighted by atomic mass is 19.2. The summed E-state index contributed by atoms with van der Waals surface area (Å²) in [6.07, 6.45) is 11.4. The molecule has 4 unspecified atom stereocenters. The van der Waals surface area contributed by atoms with Crippen molar-refractivity contribution in [3.05, 3.63) is 71.1 Å². The van der Waals surface area contributed by atoms with E-state index >= 15 is 0 Å². The molecule has 2 saturated carbocycles. The summed E-state index contributed by atoms with van der Waals surface area (Å²) in [6, 6.07) is 7.96. The van der Waals surface area contributed by atoms with Crippen LogP contribution in [0.15, 0.2) is 42.5 Å². The highest BCUT2D eigenvalue weighted by Gasteiger charge is 2.36. The average Bonchev–Trinajstić information content (AvgIpc) is 2.72. The molecule has 0 saturated heterocycles. The maximum Gasteiger partial charge on any atom is 0.166 e. The van der Waals surface area contributed by atoms with Crippen LogP contribution in [0.1, 0.15) is 62.5 Å². The first-order chi connectivity index (χ1) is 14.0. The van der Waals surface area contributed by atoms with E-state index in [0.717, 1.165) is 30.7 Å². The number of benzene rings is 2. The Morgan fingerprint density at radius 3 is 2.38 bits per heavy atom. The Hall–Kier alpha value is -2.03. The predicted molar refractivity (Wildman–Crippen MR) is 112 cm³/mol. The quantitative estimate of drug-likeness (QED) is 0.460. The van der Waals surface area contributed by atoms with Gasteiger partial charge in [0.1, 0.15) is 5.82 Å². The minimum absolute atomic E-state index is 0.115. The zero-order valence-corrected chi connectivity index (χ0v) is 17.2. The van der Waals surface area contributed by atoms with Gasteiger partial charge < -0.3 is 0 Å². The van der Waals surface area contributed by atoms with E-state index in [0.29, 0.717) is 17.4 Å². The van der Waals surface area contributed by atoms with E-state index in [1.165, 1.54) is 44.4 Å². The van der Waals surface area contributed by atoms with Crippen LogP contribution in [0.2, 0.25) is 0 Å². The SMILES string of the molecule is C/C=C/C1CCC2CC(c3ccc(-c4ccc(C)c(F)c4F)cc3F)CCC2C1. The highest BCUT2D eigenvalue weighted by molar-refractivity contribution is 5.65. The minimum atomic E-state index is -0.907. The first-order valence-corrected chi connectivity index (χ1v) is 10.8. The van der Waals surface area contributed by atoms with Gasteiger partial charge in [-0.25, -0.2) is 13.2 Å². The number of hydrogen-bond donors (Lipinski definition) is 0. The predicted octanol–water partition coefficient (Wildman–Crippen LogP) is 7.96. The molecule has 0 N–H and O–H groups in total. The Kier molecular flexibility index (Phi) is 5.85. The third-order valence-corrected chi connectivity index (χ3v) is 7.14. The summed E-state index contributed by atoms with van der Waals surface area (Å²) >= 11 is 0. The number of aryl methyl sites for hydroxylation is 1. The van der Waals surface area contributed by atoms with Gasteiger partial charge in [0.05, 0.1) is 0 Å². The molecule has 2 aromatic rings. The Labute approximate surface area is 171 Å². The third kappa shape index (κ3) is 4.01. The molecule has 3 heteroatoms. The van der Waals surface area contributed by atoms with Crippen LogP contribution in [0.3, 0.4) is 0 Å². The largest absolute Gasteiger partial charge is 0.207 e. The van der Waals surface area contributed by atoms with Gasteiger partial charge in [0.2, 0.25) is 0 Å². The molecular formula is C26H29F3. The van der Waals surface area contributed by atoms with Gasteiger partial charge in [0.25, 0.3) is 0 Å².